The van der Waals surface area contributed by atoms with E-state index in [-0.39, 0.29) is 6.04 Å². The van der Waals surface area contributed by atoms with E-state index in [4.69, 9.17) is 5.73 Å². The molecule has 1 aliphatic heterocycles. The average Bonchev–Trinajstić information content (AvgIpc) is 2.35. The standard InChI is InChI=1S/C12H20BrN5/c1-4-8-10(13)11(14)16-12(15-8)9-7-17(2)5-6-18(9)3/h9H,4-7H2,1-3H3,(H2,14,15,16). The first-order valence-electron chi connectivity index (χ1n) is 6.23. The van der Waals surface area contributed by atoms with Crippen molar-refractivity contribution in [3.63, 3.8) is 0 Å². The number of halogens is 1. The highest BCUT2D eigenvalue weighted by atomic mass is 79.9. The molecule has 2 heterocycles. The summed E-state index contributed by atoms with van der Waals surface area (Å²) in [6, 6.07) is 0.226. The van der Waals surface area contributed by atoms with Crippen molar-refractivity contribution in [3.05, 3.63) is 16.0 Å². The summed E-state index contributed by atoms with van der Waals surface area (Å²) in [6.07, 6.45) is 0.854. The van der Waals surface area contributed by atoms with E-state index in [0.29, 0.717) is 5.82 Å². The van der Waals surface area contributed by atoms with Crippen LogP contribution in [0.2, 0.25) is 0 Å². The number of anilines is 1. The van der Waals surface area contributed by atoms with Gasteiger partial charge in [-0.1, -0.05) is 6.92 Å². The van der Waals surface area contributed by atoms with Crippen LogP contribution in [-0.4, -0.2) is 53.5 Å². The molecule has 1 aromatic heterocycles. The zero-order valence-corrected chi connectivity index (χ0v) is 12.7. The highest BCUT2D eigenvalue weighted by Gasteiger charge is 2.27. The van der Waals surface area contributed by atoms with E-state index in [2.05, 4.69) is 56.7 Å². The van der Waals surface area contributed by atoms with Crippen LogP contribution in [0.5, 0.6) is 0 Å². The molecule has 6 heteroatoms. The van der Waals surface area contributed by atoms with Crippen molar-refractivity contribution < 1.29 is 0 Å². The van der Waals surface area contributed by atoms with Crippen LogP contribution in [0.4, 0.5) is 5.82 Å². The fourth-order valence-electron chi connectivity index (χ4n) is 2.20. The highest BCUT2D eigenvalue weighted by molar-refractivity contribution is 9.10. The van der Waals surface area contributed by atoms with Gasteiger partial charge in [-0.25, -0.2) is 9.97 Å². The fourth-order valence-corrected chi connectivity index (χ4v) is 2.66. The number of nitrogen functional groups attached to an aromatic ring is 1. The van der Waals surface area contributed by atoms with Crippen LogP contribution in [0.1, 0.15) is 24.5 Å². The smallest absolute Gasteiger partial charge is 0.149 e. The number of likely N-dealkylation sites (N-methyl/N-ethyl adjacent to an activating group) is 2. The van der Waals surface area contributed by atoms with Gasteiger partial charge in [0, 0.05) is 19.6 Å². The molecule has 0 spiro atoms. The van der Waals surface area contributed by atoms with Gasteiger partial charge in [-0.15, -0.1) is 0 Å². The van der Waals surface area contributed by atoms with Crippen molar-refractivity contribution in [1.82, 2.24) is 19.8 Å². The summed E-state index contributed by atoms with van der Waals surface area (Å²) < 4.78 is 0.834. The molecular weight excluding hydrogens is 294 g/mol. The van der Waals surface area contributed by atoms with Crippen LogP contribution in [0.3, 0.4) is 0 Å². The molecule has 0 aliphatic carbocycles. The zero-order chi connectivity index (χ0) is 13.3. The van der Waals surface area contributed by atoms with Gasteiger partial charge in [-0.3, -0.25) is 4.90 Å². The summed E-state index contributed by atoms with van der Waals surface area (Å²) in [5, 5.41) is 0. The second-order valence-electron chi connectivity index (χ2n) is 4.84. The van der Waals surface area contributed by atoms with Gasteiger partial charge < -0.3 is 10.6 Å². The zero-order valence-electron chi connectivity index (χ0n) is 11.1. The molecule has 1 fully saturated rings. The van der Waals surface area contributed by atoms with Gasteiger partial charge in [-0.05, 0) is 36.4 Å². The first kappa shape index (κ1) is 13.7. The summed E-state index contributed by atoms with van der Waals surface area (Å²) in [4.78, 5) is 13.7. The van der Waals surface area contributed by atoms with E-state index in [9.17, 15) is 0 Å². The van der Waals surface area contributed by atoms with Crippen molar-refractivity contribution in [1.29, 1.82) is 0 Å². The summed E-state index contributed by atoms with van der Waals surface area (Å²) in [5.74, 6) is 1.38. The number of aryl methyl sites for hydroxylation is 1. The fraction of sp³-hybridized carbons (Fsp3) is 0.667. The molecule has 2 rings (SSSR count). The molecule has 1 unspecified atom stereocenters. The van der Waals surface area contributed by atoms with E-state index in [0.717, 1.165) is 42.0 Å². The van der Waals surface area contributed by atoms with Crippen molar-refractivity contribution in [3.8, 4) is 0 Å². The lowest BCUT2D eigenvalue weighted by Crippen LogP contribution is -2.45. The predicted octanol–water partition coefficient (Wildman–Crippen LogP) is 1.30. The number of hydrogen-bond donors (Lipinski definition) is 1. The largest absolute Gasteiger partial charge is 0.383 e. The second kappa shape index (κ2) is 5.50. The number of rotatable bonds is 2. The maximum absolute atomic E-state index is 5.95. The molecule has 0 saturated carbocycles. The Morgan fingerprint density at radius 1 is 1.33 bits per heavy atom. The predicted molar refractivity (Wildman–Crippen MR) is 76.4 cm³/mol. The molecule has 0 aromatic carbocycles. The number of nitrogens with zero attached hydrogens (tertiary/aromatic N) is 4. The Kier molecular flexibility index (Phi) is 4.19. The Morgan fingerprint density at radius 2 is 2.06 bits per heavy atom. The first-order chi connectivity index (χ1) is 8.52. The lowest BCUT2D eigenvalue weighted by Gasteiger charge is -2.36. The normalized spacial score (nSPS) is 22.3. The number of piperazine rings is 1. The van der Waals surface area contributed by atoms with Gasteiger partial charge in [0.2, 0.25) is 0 Å². The van der Waals surface area contributed by atoms with Crippen molar-refractivity contribution in [2.24, 2.45) is 0 Å². The molecule has 5 nitrogen and oxygen atoms in total. The van der Waals surface area contributed by atoms with Gasteiger partial charge in [0.05, 0.1) is 16.2 Å². The van der Waals surface area contributed by atoms with E-state index >= 15 is 0 Å². The molecule has 1 saturated heterocycles. The monoisotopic (exact) mass is 313 g/mol. The molecule has 1 atom stereocenters. The maximum Gasteiger partial charge on any atom is 0.149 e. The van der Waals surface area contributed by atoms with Crippen LogP contribution in [-0.2, 0) is 6.42 Å². The van der Waals surface area contributed by atoms with Crippen LogP contribution >= 0.6 is 15.9 Å². The topological polar surface area (TPSA) is 58.3 Å². The van der Waals surface area contributed by atoms with Crippen LogP contribution in [0, 0.1) is 0 Å². The summed E-state index contributed by atoms with van der Waals surface area (Å²) in [6.45, 7) is 5.13. The Labute approximate surface area is 117 Å². The van der Waals surface area contributed by atoms with E-state index in [1.807, 2.05) is 0 Å². The molecule has 100 valence electrons. The molecule has 0 amide bonds. The first-order valence-corrected chi connectivity index (χ1v) is 7.02. The quantitative estimate of drug-likeness (QED) is 0.892. The third kappa shape index (κ3) is 2.65. The van der Waals surface area contributed by atoms with Gasteiger partial charge in [0.25, 0.3) is 0 Å². The molecule has 2 N–H and O–H groups in total. The molecule has 0 bridgehead atoms. The summed E-state index contributed by atoms with van der Waals surface area (Å²) in [5.41, 5.74) is 6.94. The van der Waals surface area contributed by atoms with Crippen LogP contribution in [0.15, 0.2) is 4.47 Å². The second-order valence-corrected chi connectivity index (χ2v) is 5.63. The number of nitrogens with two attached hydrogens (primary N) is 1. The Balaban J connectivity index is 2.35. The lowest BCUT2D eigenvalue weighted by atomic mass is 10.1. The minimum Gasteiger partial charge on any atom is -0.383 e. The average molecular weight is 314 g/mol. The summed E-state index contributed by atoms with van der Waals surface area (Å²) >= 11 is 3.45. The van der Waals surface area contributed by atoms with Crippen molar-refractivity contribution >= 4 is 21.7 Å². The Hall–Kier alpha value is -0.720. The van der Waals surface area contributed by atoms with Crippen LogP contribution in [0.25, 0.3) is 0 Å². The third-order valence-corrected chi connectivity index (χ3v) is 4.31. The number of hydrogen-bond acceptors (Lipinski definition) is 5. The minimum absolute atomic E-state index is 0.226. The van der Waals surface area contributed by atoms with E-state index in [1.165, 1.54) is 0 Å². The highest BCUT2D eigenvalue weighted by Crippen LogP contribution is 2.26. The van der Waals surface area contributed by atoms with E-state index < -0.39 is 0 Å². The van der Waals surface area contributed by atoms with E-state index in [1.54, 1.807) is 0 Å². The van der Waals surface area contributed by atoms with Crippen molar-refractivity contribution in [2.75, 3.05) is 39.5 Å². The maximum atomic E-state index is 5.95. The van der Waals surface area contributed by atoms with Gasteiger partial charge >= 0.3 is 0 Å². The van der Waals surface area contributed by atoms with Gasteiger partial charge in [-0.2, -0.15) is 0 Å². The molecular formula is C12H20BrN5. The molecule has 18 heavy (non-hydrogen) atoms. The SMILES string of the molecule is CCc1nc(C2CN(C)CCN2C)nc(N)c1Br. The summed E-state index contributed by atoms with van der Waals surface area (Å²) in [7, 11) is 4.24. The molecule has 0 radical (unpaired) electrons. The Bertz CT molecular complexity index is 437. The Morgan fingerprint density at radius 3 is 2.72 bits per heavy atom. The van der Waals surface area contributed by atoms with Crippen molar-refractivity contribution in [2.45, 2.75) is 19.4 Å². The third-order valence-electron chi connectivity index (χ3n) is 3.45. The van der Waals surface area contributed by atoms with Gasteiger partial charge in [0.1, 0.15) is 11.6 Å². The minimum atomic E-state index is 0.226. The van der Waals surface area contributed by atoms with Gasteiger partial charge in [0.15, 0.2) is 0 Å². The molecule has 1 aromatic rings. The number of aromatic nitrogens is 2. The lowest BCUT2D eigenvalue weighted by molar-refractivity contribution is 0.109. The van der Waals surface area contributed by atoms with Crippen LogP contribution < -0.4 is 5.73 Å². The molecule has 1 aliphatic rings.